The van der Waals surface area contributed by atoms with Crippen LogP contribution in [0.2, 0.25) is 5.15 Å². The van der Waals surface area contributed by atoms with E-state index in [-0.39, 0.29) is 16.9 Å². The molecule has 5 nitrogen and oxygen atoms in total. The highest BCUT2D eigenvalue weighted by Crippen LogP contribution is 2.40. The molecule has 19 heavy (non-hydrogen) atoms. The number of carbonyl (C=O) groups is 1. The van der Waals surface area contributed by atoms with Crippen molar-refractivity contribution in [2.45, 2.75) is 18.8 Å². The van der Waals surface area contributed by atoms with Crippen LogP contribution in [-0.4, -0.2) is 15.9 Å². The van der Waals surface area contributed by atoms with E-state index >= 15 is 0 Å². The quantitative estimate of drug-likeness (QED) is 0.853. The summed E-state index contributed by atoms with van der Waals surface area (Å²) < 4.78 is 0. The summed E-state index contributed by atoms with van der Waals surface area (Å²) in [7, 11) is 0. The van der Waals surface area contributed by atoms with Gasteiger partial charge in [0, 0.05) is 16.9 Å². The van der Waals surface area contributed by atoms with E-state index in [0.717, 1.165) is 5.69 Å². The van der Waals surface area contributed by atoms with Crippen LogP contribution in [0.1, 0.15) is 34.8 Å². The number of halogens is 1. The minimum Gasteiger partial charge on any atom is -0.384 e. The Balaban J connectivity index is 1.75. The van der Waals surface area contributed by atoms with Crippen LogP contribution >= 0.6 is 22.9 Å². The number of pyridine rings is 1. The number of nitrogen functional groups attached to an aromatic ring is 1. The van der Waals surface area contributed by atoms with Gasteiger partial charge >= 0.3 is 0 Å². The number of anilines is 2. The van der Waals surface area contributed by atoms with Gasteiger partial charge in [0.25, 0.3) is 5.91 Å². The van der Waals surface area contributed by atoms with Gasteiger partial charge in [-0.25, -0.2) is 9.97 Å². The van der Waals surface area contributed by atoms with Crippen molar-refractivity contribution < 1.29 is 4.79 Å². The van der Waals surface area contributed by atoms with E-state index in [4.69, 9.17) is 17.3 Å². The van der Waals surface area contributed by atoms with Gasteiger partial charge in [0.15, 0.2) is 5.13 Å². The molecule has 0 spiro atoms. The Bertz CT molecular complexity index is 618. The van der Waals surface area contributed by atoms with Crippen LogP contribution in [0, 0.1) is 0 Å². The second-order valence-corrected chi connectivity index (χ2v) is 5.65. The minimum atomic E-state index is -0.285. The lowest BCUT2D eigenvalue weighted by molar-refractivity contribution is 0.102. The monoisotopic (exact) mass is 294 g/mol. The van der Waals surface area contributed by atoms with Crippen molar-refractivity contribution in [1.82, 2.24) is 9.97 Å². The molecule has 1 aliphatic rings. The number of rotatable bonds is 3. The van der Waals surface area contributed by atoms with Crippen molar-refractivity contribution in [3.63, 3.8) is 0 Å². The van der Waals surface area contributed by atoms with Gasteiger partial charge in [-0.2, -0.15) is 0 Å². The van der Waals surface area contributed by atoms with Gasteiger partial charge in [-0.05, 0) is 25.0 Å². The second kappa shape index (κ2) is 4.79. The highest BCUT2D eigenvalue weighted by Gasteiger charge is 2.26. The summed E-state index contributed by atoms with van der Waals surface area (Å²) in [5, 5.41) is 5.52. The first-order chi connectivity index (χ1) is 9.11. The van der Waals surface area contributed by atoms with E-state index in [0.29, 0.717) is 16.6 Å². The Morgan fingerprint density at radius 1 is 1.42 bits per heavy atom. The molecule has 1 saturated carbocycles. The number of nitrogens with one attached hydrogen (secondary N) is 1. The summed E-state index contributed by atoms with van der Waals surface area (Å²) in [6.45, 7) is 0. The number of nitrogens with two attached hydrogens (primary N) is 1. The molecule has 2 aromatic rings. The Hall–Kier alpha value is -1.66. The molecule has 1 amide bonds. The maximum Gasteiger partial charge on any atom is 0.257 e. The Labute approximate surface area is 118 Å². The van der Waals surface area contributed by atoms with Crippen LogP contribution in [0.4, 0.5) is 10.9 Å². The number of nitrogens with zero attached hydrogens (tertiary/aromatic N) is 2. The molecule has 2 heterocycles. The number of hydrogen-bond donors (Lipinski definition) is 2. The molecule has 0 bridgehead atoms. The van der Waals surface area contributed by atoms with Crippen molar-refractivity contribution in [3.8, 4) is 0 Å². The summed E-state index contributed by atoms with van der Waals surface area (Å²) in [5.74, 6) is 0.510. The second-order valence-electron chi connectivity index (χ2n) is 4.41. The summed E-state index contributed by atoms with van der Waals surface area (Å²) in [6.07, 6.45) is 2.38. The first kappa shape index (κ1) is 12.4. The van der Waals surface area contributed by atoms with Gasteiger partial charge < -0.3 is 5.73 Å². The van der Waals surface area contributed by atoms with Crippen LogP contribution in [0.5, 0.6) is 0 Å². The average Bonchev–Trinajstić information content (AvgIpc) is 3.09. The fourth-order valence-electron chi connectivity index (χ4n) is 1.73. The van der Waals surface area contributed by atoms with Gasteiger partial charge in [0.1, 0.15) is 11.0 Å². The zero-order valence-corrected chi connectivity index (χ0v) is 11.5. The average molecular weight is 295 g/mol. The van der Waals surface area contributed by atoms with Crippen molar-refractivity contribution in [3.05, 3.63) is 33.9 Å². The molecule has 0 unspecified atom stereocenters. The topological polar surface area (TPSA) is 80.9 Å². The van der Waals surface area contributed by atoms with Gasteiger partial charge in [0.2, 0.25) is 0 Å². The molecule has 0 saturated heterocycles. The number of carbonyl (C=O) groups excluding carboxylic acids is 1. The predicted octanol–water partition coefficient (Wildman–Crippen LogP) is 2.90. The first-order valence-electron chi connectivity index (χ1n) is 5.81. The van der Waals surface area contributed by atoms with Crippen LogP contribution in [0.25, 0.3) is 0 Å². The molecule has 98 valence electrons. The van der Waals surface area contributed by atoms with Gasteiger partial charge in [-0.15, -0.1) is 11.3 Å². The lowest BCUT2D eigenvalue weighted by Crippen LogP contribution is -2.12. The van der Waals surface area contributed by atoms with Crippen LogP contribution < -0.4 is 11.1 Å². The maximum absolute atomic E-state index is 12.0. The van der Waals surface area contributed by atoms with Gasteiger partial charge in [-0.1, -0.05) is 11.6 Å². The predicted molar refractivity (Wildman–Crippen MR) is 75.7 cm³/mol. The molecular formula is C12H11ClN4OS. The molecule has 7 heteroatoms. The van der Waals surface area contributed by atoms with Crippen LogP contribution in [0.15, 0.2) is 17.5 Å². The molecule has 1 aliphatic carbocycles. The third kappa shape index (κ3) is 2.85. The van der Waals surface area contributed by atoms with Gasteiger partial charge in [-0.3, -0.25) is 10.1 Å². The molecule has 0 aliphatic heterocycles. The zero-order chi connectivity index (χ0) is 13.4. The smallest absolute Gasteiger partial charge is 0.257 e. The summed E-state index contributed by atoms with van der Waals surface area (Å²) >= 11 is 7.19. The lowest BCUT2D eigenvalue weighted by Gasteiger charge is -2.03. The molecule has 0 radical (unpaired) electrons. The fourth-order valence-corrected chi connectivity index (χ4v) is 2.73. The summed E-state index contributed by atoms with van der Waals surface area (Å²) in [5.41, 5.74) is 6.99. The number of aromatic nitrogens is 2. The normalized spacial score (nSPS) is 14.4. The zero-order valence-electron chi connectivity index (χ0n) is 9.89. The fraction of sp³-hybridized carbons (Fsp3) is 0.250. The standard InChI is InChI=1S/C12H11ClN4OS/c13-9-3-7(4-10(14)16-9)11(18)17-12-15-8(5-19-12)6-1-2-6/h3-6H,1-2H2,(H2,14,16)(H,15,17,18). The molecule has 0 atom stereocenters. The SMILES string of the molecule is Nc1cc(C(=O)Nc2nc(C3CC3)cs2)cc(Cl)n1. The number of hydrogen-bond acceptors (Lipinski definition) is 5. The molecule has 1 fully saturated rings. The minimum absolute atomic E-state index is 0.197. The Kier molecular flexibility index (Phi) is 3.12. The molecule has 0 aromatic carbocycles. The van der Waals surface area contributed by atoms with Crippen molar-refractivity contribution in [1.29, 1.82) is 0 Å². The van der Waals surface area contributed by atoms with Gasteiger partial charge in [0.05, 0.1) is 5.69 Å². The summed E-state index contributed by atoms with van der Waals surface area (Å²) in [6, 6.07) is 2.96. The maximum atomic E-state index is 12.0. The molecule has 3 rings (SSSR count). The summed E-state index contributed by atoms with van der Waals surface area (Å²) in [4.78, 5) is 20.2. The Morgan fingerprint density at radius 3 is 2.89 bits per heavy atom. The van der Waals surface area contributed by atoms with E-state index in [2.05, 4.69) is 15.3 Å². The van der Waals surface area contributed by atoms with E-state index < -0.39 is 0 Å². The molecular weight excluding hydrogens is 284 g/mol. The largest absolute Gasteiger partial charge is 0.384 e. The van der Waals surface area contributed by atoms with Crippen LogP contribution in [0.3, 0.4) is 0 Å². The number of amides is 1. The lowest BCUT2D eigenvalue weighted by atomic mass is 10.2. The first-order valence-corrected chi connectivity index (χ1v) is 7.07. The van der Waals surface area contributed by atoms with E-state index in [1.165, 1.54) is 36.3 Å². The Morgan fingerprint density at radius 2 is 2.21 bits per heavy atom. The highest BCUT2D eigenvalue weighted by atomic mass is 35.5. The van der Waals surface area contributed by atoms with Crippen LogP contribution in [-0.2, 0) is 0 Å². The highest BCUT2D eigenvalue weighted by molar-refractivity contribution is 7.14. The molecule has 3 N–H and O–H groups in total. The number of thiazole rings is 1. The van der Waals surface area contributed by atoms with Crippen molar-refractivity contribution >= 4 is 39.8 Å². The third-order valence-corrected chi connectivity index (χ3v) is 3.78. The third-order valence-electron chi connectivity index (χ3n) is 2.81. The van der Waals surface area contributed by atoms with E-state index in [1.54, 1.807) is 0 Å². The van der Waals surface area contributed by atoms with E-state index in [9.17, 15) is 4.79 Å². The van der Waals surface area contributed by atoms with Crippen molar-refractivity contribution in [2.75, 3.05) is 11.1 Å². The molecule has 2 aromatic heterocycles. The van der Waals surface area contributed by atoms with Crippen molar-refractivity contribution in [2.24, 2.45) is 0 Å². The van der Waals surface area contributed by atoms with E-state index in [1.807, 2.05) is 5.38 Å².